The zero-order chi connectivity index (χ0) is 18.9. The van der Waals surface area contributed by atoms with Crippen LogP contribution in [0.2, 0.25) is 0 Å². The van der Waals surface area contributed by atoms with Crippen LogP contribution in [-0.2, 0) is 27.8 Å². The molecule has 0 unspecified atom stereocenters. The molecular weight excluding hydrogens is 346 g/mol. The fraction of sp³-hybridized carbons (Fsp3) is 0.286. The third-order valence-corrected chi connectivity index (χ3v) is 6.63. The topological polar surface area (TPSA) is 54.5 Å². The Labute approximate surface area is 155 Å². The molecule has 4 nitrogen and oxygen atoms in total. The molecule has 0 bridgehead atoms. The highest BCUT2D eigenvalue weighted by molar-refractivity contribution is 7.89. The summed E-state index contributed by atoms with van der Waals surface area (Å²) >= 11 is 0. The van der Waals surface area contributed by atoms with Gasteiger partial charge >= 0.3 is 0 Å². The van der Waals surface area contributed by atoms with Gasteiger partial charge in [0, 0.05) is 13.1 Å². The van der Waals surface area contributed by atoms with Gasteiger partial charge in [-0.3, -0.25) is 4.79 Å². The molecule has 0 atom stereocenters. The Morgan fingerprint density at radius 3 is 2.42 bits per heavy atom. The van der Waals surface area contributed by atoms with Crippen LogP contribution in [0.25, 0.3) is 6.08 Å². The first kappa shape index (κ1) is 18.5. The van der Waals surface area contributed by atoms with Crippen LogP contribution in [-0.4, -0.2) is 25.1 Å². The van der Waals surface area contributed by atoms with Gasteiger partial charge in [0.05, 0.1) is 4.90 Å². The highest BCUT2D eigenvalue weighted by atomic mass is 32.2. The molecule has 0 radical (unpaired) electrons. The summed E-state index contributed by atoms with van der Waals surface area (Å²) in [6.07, 6.45) is 4.05. The van der Waals surface area contributed by atoms with E-state index in [-0.39, 0.29) is 5.78 Å². The van der Waals surface area contributed by atoms with Crippen LogP contribution in [0.3, 0.4) is 0 Å². The number of carbonyl (C=O) groups is 1. The molecule has 0 amide bonds. The first-order valence-corrected chi connectivity index (χ1v) is 10.1. The summed E-state index contributed by atoms with van der Waals surface area (Å²) in [5, 5.41) is 0. The van der Waals surface area contributed by atoms with Crippen molar-refractivity contribution in [2.75, 3.05) is 6.54 Å². The zero-order valence-electron chi connectivity index (χ0n) is 15.3. The van der Waals surface area contributed by atoms with Gasteiger partial charge in [-0.25, -0.2) is 8.42 Å². The number of nitrogens with zero attached hydrogens (tertiary/aromatic N) is 1. The van der Waals surface area contributed by atoms with Gasteiger partial charge < -0.3 is 0 Å². The summed E-state index contributed by atoms with van der Waals surface area (Å²) in [6, 6.07) is 10.9. The van der Waals surface area contributed by atoms with Crippen molar-refractivity contribution in [3.8, 4) is 0 Å². The van der Waals surface area contributed by atoms with E-state index in [4.69, 9.17) is 0 Å². The molecular formula is C21H23NO3S. The van der Waals surface area contributed by atoms with Crippen LogP contribution in [0.5, 0.6) is 0 Å². The summed E-state index contributed by atoms with van der Waals surface area (Å²) in [5.74, 6) is 0.00129. The number of rotatable bonds is 4. The predicted octanol–water partition coefficient (Wildman–Crippen LogP) is 3.65. The van der Waals surface area contributed by atoms with E-state index in [1.54, 1.807) is 18.2 Å². The minimum absolute atomic E-state index is 0.00129. The van der Waals surface area contributed by atoms with E-state index in [2.05, 4.69) is 0 Å². The van der Waals surface area contributed by atoms with Gasteiger partial charge in [-0.15, -0.1) is 0 Å². The first-order valence-electron chi connectivity index (χ1n) is 8.66. The summed E-state index contributed by atoms with van der Waals surface area (Å²) in [5.41, 5.74) is 5.30. The largest absolute Gasteiger partial charge is 0.295 e. The Bertz CT molecular complexity index is 973. The van der Waals surface area contributed by atoms with Gasteiger partial charge in [0.15, 0.2) is 5.78 Å². The van der Waals surface area contributed by atoms with Gasteiger partial charge in [-0.1, -0.05) is 35.9 Å². The number of carbonyl (C=O) groups excluding carboxylic acids is 1. The monoisotopic (exact) mass is 369 g/mol. The quantitative estimate of drug-likeness (QED) is 0.773. The average molecular weight is 369 g/mol. The predicted molar refractivity (Wildman–Crippen MR) is 103 cm³/mol. The molecule has 136 valence electrons. The molecule has 1 aliphatic heterocycles. The van der Waals surface area contributed by atoms with Crippen LogP contribution >= 0.6 is 0 Å². The van der Waals surface area contributed by atoms with Crippen LogP contribution in [0.1, 0.15) is 34.7 Å². The van der Waals surface area contributed by atoms with Gasteiger partial charge in [0.25, 0.3) is 0 Å². The van der Waals surface area contributed by atoms with Crippen molar-refractivity contribution in [2.45, 2.75) is 38.6 Å². The standard InChI is InChI=1S/C21H23NO3S/c1-15-4-9-19(10-5-15)26(24,25)22-13-12-21-18(14-22)8-6-16(2)20(21)11-7-17(3)23/h4-11H,12-14H2,1-3H3/b11-7+. The second-order valence-corrected chi connectivity index (χ2v) is 8.72. The Morgan fingerprint density at radius 2 is 1.77 bits per heavy atom. The maximum Gasteiger partial charge on any atom is 0.243 e. The van der Waals surface area contributed by atoms with E-state index >= 15 is 0 Å². The minimum Gasteiger partial charge on any atom is -0.295 e. The molecule has 0 spiro atoms. The van der Waals surface area contributed by atoms with Crippen molar-refractivity contribution in [1.29, 1.82) is 0 Å². The number of ketones is 1. The number of hydrogen-bond acceptors (Lipinski definition) is 3. The van der Waals surface area contributed by atoms with Crippen LogP contribution < -0.4 is 0 Å². The zero-order valence-corrected chi connectivity index (χ0v) is 16.1. The van der Waals surface area contributed by atoms with Crippen molar-refractivity contribution in [2.24, 2.45) is 0 Å². The van der Waals surface area contributed by atoms with E-state index in [0.717, 1.165) is 27.8 Å². The maximum atomic E-state index is 12.9. The SMILES string of the molecule is CC(=O)/C=C/c1c(C)ccc2c1CCN(S(=O)(=O)c1ccc(C)cc1)C2. The Balaban J connectivity index is 1.94. The lowest BCUT2D eigenvalue weighted by Gasteiger charge is -2.29. The molecule has 0 saturated carbocycles. The Morgan fingerprint density at radius 1 is 1.08 bits per heavy atom. The molecule has 3 rings (SSSR count). The molecule has 0 saturated heterocycles. The van der Waals surface area contributed by atoms with E-state index in [0.29, 0.717) is 24.4 Å². The summed E-state index contributed by atoms with van der Waals surface area (Å²) < 4.78 is 27.4. The maximum absolute atomic E-state index is 12.9. The molecule has 2 aromatic rings. The first-order chi connectivity index (χ1) is 12.3. The number of aryl methyl sites for hydroxylation is 2. The fourth-order valence-corrected chi connectivity index (χ4v) is 4.69. The highest BCUT2D eigenvalue weighted by Gasteiger charge is 2.29. The van der Waals surface area contributed by atoms with Crippen LogP contribution in [0, 0.1) is 13.8 Å². The van der Waals surface area contributed by atoms with Crippen molar-refractivity contribution in [1.82, 2.24) is 4.31 Å². The lowest BCUT2D eigenvalue weighted by molar-refractivity contribution is -0.112. The smallest absolute Gasteiger partial charge is 0.243 e. The lowest BCUT2D eigenvalue weighted by Crippen LogP contribution is -2.36. The van der Waals surface area contributed by atoms with Crippen LogP contribution in [0.4, 0.5) is 0 Å². The minimum atomic E-state index is -3.51. The number of fused-ring (bicyclic) bond motifs is 1. The lowest BCUT2D eigenvalue weighted by atomic mass is 9.92. The molecule has 0 aliphatic carbocycles. The summed E-state index contributed by atoms with van der Waals surface area (Å²) in [7, 11) is -3.51. The average Bonchev–Trinajstić information content (AvgIpc) is 2.60. The molecule has 0 N–H and O–H groups in total. The summed E-state index contributed by atoms with van der Waals surface area (Å²) in [4.78, 5) is 11.6. The summed E-state index contributed by atoms with van der Waals surface area (Å²) in [6.45, 7) is 6.26. The third-order valence-electron chi connectivity index (χ3n) is 4.77. The Hall–Kier alpha value is -2.24. The van der Waals surface area contributed by atoms with Gasteiger partial charge in [-0.2, -0.15) is 4.31 Å². The number of allylic oxidation sites excluding steroid dienone is 1. The third kappa shape index (κ3) is 3.64. The molecule has 0 fully saturated rings. The molecule has 5 heteroatoms. The van der Waals surface area contributed by atoms with E-state index in [1.807, 2.05) is 44.2 Å². The fourth-order valence-electron chi connectivity index (χ4n) is 3.27. The Kier molecular flexibility index (Phi) is 5.12. The van der Waals surface area contributed by atoms with Crippen LogP contribution in [0.15, 0.2) is 47.4 Å². The highest BCUT2D eigenvalue weighted by Crippen LogP contribution is 2.29. The van der Waals surface area contributed by atoms with Gasteiger partial charge in [0.2, 0.25) is 10.0 Å². The van der Waals surface area contributed by atoms with Crippen molar-refractivity contribution in [3.63, 3.8) is 0 Å². The molecule has 2 aromatic carbocycles. The normalized spacial score (nSPS) is 15.2. The van der Waals surface area contributed by atoms with E-state index < -0.39 is 10.0 Å². The van der Waals surface area contributed by atoms with Crippen molar-refractivity contribution >= 4 is 21.9 Å². The van der Waals surface area contributed by atoms with E-state index in [9.17, 15) is 13.2 Å². The number of benzene rings is 2. The van der Waals surface area contributed by atoms with Gasteiger partial charge in [0.1, 0.15) is 0 Å². The molecule has 1 aliphatic rings. The van der Waals surface area contributed by atoms with Gasteiger partial charge in [-0.05, 0) is 67.7 Å². The number of sulfonamides is 1. The molecule has 26 heavy (non-hydrogen) atoms. The number of hydrogen-bond donors (Lipinski definition) is 0. The van der Waals surface area contributed by atoms with Crippen molar-refractivity contribution in [3.05, 3.63) is 70.3 Å². The molecule has 0 aromatic heterocycles. The second kappa shape index (κ2) is 7.17. The second-order valence-electron chi connectivity index (χ2n) is 6.78. The van der Waals surface area contributed by atoms with E-state index in [1.165, 1.54) is 11.2 Å². The van der Waals surface area contributed by atoms with Crippen molar-refractivity contribution < 1.29 is 13.2 Å². The molecule has 1 heterocycles.